The van der Waals surface area contributed by atoms with Crippen LogP contribution in [0, 0.1) is 6.92 Å². The minimum absolute atomic E-state index is 0.239. The molecule has 5 nitrogen and oxygen atoms in total. The molecule has 0 unspecified atom stereocenters. The lowest BCUT2D eigenvalue weighted by atomic mass is 9.98. The number of nitrogens with two attached hydrogens (primary N) is 1. The van der Waals surface area contributed by atoms with Gasteiger partial charge in [-0.25, -0.2) is 0 Å². The number of carbonyl (C=O) groups is 2. The molecule has 3 rings (SSSR count). The van der Waals surface area contributed by atoms with E-state index >= 15 is 0 Å². The summed E-state index contributed by atoms with van der Waals surface area (Å²) in [5.74, 6) is -0.739. The van der Waals surface area contributed by atoms with E-state index in [9.17, 15) is 9.59 Å². The summed E-state index contributed by atoms with van der Waals surface area (Å²) in [7, 11) is 1.38. The van der Waals surface area contributed by atoms with Gasteiger partial charge in [-0.3, -0.25) is 9.59 Å². The summed E-state index contributed by atoms with van der Waals surface area (Å²) in [6.07, 6.45) is 1.52. The molecule has 1 aromatic heterocycles. The van der Waals surface area contributed by atoms with Crippen LogP contribution in [0.5, 0.6) is 0 Å². The monoisotopic (exact) mass is 390 g/mol. The van der Waals surface area contributed by atoms with Crippen LogP contribution in [0.1, 0.15) is 33.7 Å². The highest BCUT2D eigenvalue weighted by Gasteiger charge is 2.25. The molecule has 5 heteroatoms. The number of benzene rings is 2. The van der Waals surface area contributed by atoms with Crippen molar-refractivity contribution in [2.24, 2.45) is 5.73 Å². The van der Waals surface area contributed by atoms with Crippen molar-refractivity contribution in [2.75, 3.05) is 7.11 Å². The molecule has 0 aliphatic rings. The Balaban J connectivity index is 2.09. The molecule has 0 radical (unpaired) electrons. The Hall–Kier alpha value is -3.34. The molecular formula is C24H26N2O3. The lowest BCUT2D eigenvalue weighted by molar-refractivity contribution is -0.140. The molecule has 1 amide bonds. The number of hydrogen-bond donors (Lipinski definition) is 1. The summed E-state index contributed by atoms with van der Waals surface area (Å²) >= 11 is 0. The van der Waals surface area contributed by atoms with E-state index in [0.717, 1.165) is 28.9 Å². The third kappa shape index (κ3) is 4.57. The summed E-state index contributed by atoms with van der Waals surface area (Å²) in [4.78, 5) is 24.2. The van der Waals surface area contributed by atoms with Crippen LogP contribution in [0.4, 0.5) is 0 Å². The van der Waals surface area contributed by atoms with E-state index in [1.165, 1.54) is 12.7 Å². The van der Waals surface area contributed by atoms with Gasteiger partial charge in [0.25, 0.3) is 5.91 Å². The minimum Gasteiger partial charge on any atom is -0.469 e. The quantitative estimate of drug-likeness (QED) is 0.593. The third-order valence-electron chi connectivity index (χ3n) is 5.20. The van der Waals surface area contributed by atoms with Gasteiger partial charge in [-0.2, -0.15) is 0 Å². The van der Waals surface area contributed by atoms with Crippen LogP contribution in [0.3, 0.4) is 0 Å². The molecule has 0 fully saturated rings. The first kappa shape index (κ1) is 20.4. The lowest BCUT2D eigenvalue weighted by Gasteiger charge is -2.13. The van der Waals surface area contributed by atoms with Crippen LogP contribution in [0.15, 0.2) is 60.7 Å². The molecule has 0 saturated heterocycles. The molecule has 3 aromatic rings. The van der Waals surface area contributed by atoms with Gasteiger partial charge in [-0.15, -0.1) is 0 Å². The number of nitrogens with zero attached hydrogens (tertiary/aromatic N) is 1. The van der Waals surface area contributed by atoms with Crippen LogP contribution >= 0.6 is 0 Å². The third-order valence-corrected chi connectivity index (χ3v) is 5.20. The van der Waals surface area contributed by atoms with Gasteiger partial charge in [0, 0.05) is 23.5 Å². The predicted molar refractivity (Wildman–Crippen MR) is 114 cm³/mol. The number of primary amides is 1. The molecule has 1 heterocycles. The van der Waals surface area contributed by atoms with Crippen molar-refractivity contribution in [3.05, 3.63) is 83.2 Å². The maximum Gasteiger partial charge on any atom is 0.305 e. The number of ether oxygens (including phenoxy) is 1. The second-order valence-electron chi connectivity index (χ2n) is 6.98. The number of methoxy groups -OCH3 is 1. The summed E-state index contributed by atoms with van der Waals surface area (Å²) in [6.45, 7) is 2.61. The van der Waals surface area contributed by atoms with Crippen molar-refractivity contribution in [1.29, 1.82) is 0 Å². The van der Waals surface area contributed by atoms with Crippen molar-refractivity contribution < 1.29 is 14.3 Å². The SMILES string of the molecule is COC(=O)CCc1c(-c2ccccc2)c(C(N)=O)c(C)n1CCc1ccccc1. The van der Waals surface area contributed by atoms with E-state index < -0.39 is 5.91 Å². The van der Waals surface area contributed by atoms with Crippen molar-refractivity contribution in [2.45, 2.75) is 32.7 Å². The van der Waals surface area contributed by atoms with Crippen LogP contribution in [-0.4, -0.2) is 23.6 Å². The van der Waals surface area contributed by atoms with Gasteiger partial charge in [0.1, 0.15) is 0 Å². The number of esters is 1. The van der Waals surface area contributed by atoms with E-state index in [1.54, 1.807) is 0 Å². The van der Waals surface area contributed by atoms with Crippen LogP contribution in [0.2, 0.25) is 0 Å². The first-order valence-corrected chi connectivity index (χ1v) is 9.70. The van der Waals surface area contributed by atoms with E-state index in [-0.39, 0.29) is 12.4 Å². The molecule has 0 atom stereocenters. The zero-order chi connectivity index (χ0) is 20.8. The first-order valence-electron chi connectivity index (χ1n) is 9.70. The van der Waals surface area contributed by atoms with E-state index in [1.807, 2.05) is 55.5 Å². The van der Waals surface area contributed by atoms with E-state index in [0.29, 0.717) is 18.5 Å². The molecule has 0 spiro atoms. The van der Waals surface area contributed by atoms with Gasteiger partial charge in [-0.1, -0.05) is 60.7 Å². The number of hydrogen-bond acceptors (Lipinski definition) is 3. The number of carbonyl (C=O) groups excluding carboxylic acids is 2. The fourth-order valence-electron chi connectivity index (χ4n) is 3.79. The lowest BCUT2D eigenvalue weighted by Crippen LogP contribution is -2.14. The summed E-state index contributed by atoms with van der Waals surface area (Å²) in [5, 5.41) is 0. The van der Waals surface area contributed by atoms with Crippen LogP contribution < -0.4 is 5.73 Å². The van der Waals surface area contributed by atoms with E-state index in [4.69, 9.17) is 10.5 Å². The van der Waals surface area contributed by atoms with E-state index in [2.05, 4.69) is 16.7 Å². The molecule has 0 bridgehead atoms. The smallest absolute Gasteiger partial charge is 0.305 e. The Kier molecular flexibility index (Phi) is 6.50. The fourth-order valence-corrected chi connectivity index (χ4v) is 3.79. The zero-order valence-corrected chi connectivity index (χ0v) is 16.9. The number of aryl methyl sites for hydroxylation is 1. The molecule has 2 N–H and O–H groups in total. The largest absolute Gasteiger partial charge is 0.469 e. The summed E-state index contributed by atoms with van der Waals surface area (Å²) in [6, 6.07) is 19.9. The average molecular weight is 390 g/mol. The molecule has 150 valence electrons. The highest BCUT2D eigenvalue weighted by atomic mass is 16.5. The molecule has 2 aromatic carbocycles. The fraction of sp³-hybridized carbons (Fsp3) is 0.250. The number of amides is 1. The van der Waals surface area contributed by atoms with Gasteiger partial charge in [0.05, 0.1) is 19.1 Å². The minimum atomic E-state index is -0.459. The predicted octanol–water partition coefficient (Wildman–Crippen LogP) is 3.91. The van der Waals surface area contributed by atoms with Crippen molar-refractivity contribution in [3.63, 3.8) is 0 Å². The topological polar surface area (TPSA) is 74.3 Å². The Morgan fingerprint density at radius 1 is 0.966 bits per heavy atom. The first-order chi connectivity index (χ1) is 14.0. The Morgan fingerprint density at radius 2 is 1.59 bits per heavy atom. The molecular weight excluding hydrogens is 364 g/mol. The highest BCUT2D eigenvalue weighted by Crippen LogP contribution is 2.34. The maximum atomic E-state index is 12.4. The summed E-state index contributed by atoms with van der Waals surface area (Å²) in [5.41, 5.74) is 11.0. The van der Waals surface area contributed by atoms with Gasteiger partial charge in [0.2, 0.25) is 0 Å². The second-order valence-corrected chi connectivity index (χ2v) is 6.98. The van der Waals surface area contributed by atoms with Gasteiger partial charge in [0.15, 0.2) is 0 Å². The Morgan fingerprint density at radius 3 is 2.17 bits per heavy atom. The maximum absolute atomic E-state index is 12.4. The van der Waals surface area contributed by atoms with Crippen LogP contribution in [0.25, 0.3) is 11.1 Å². The van der Waals surface area contributed by atoms with Gasteiger partial charge >= 0.3 is 5.97 Å². The zero-order valence-electron chi connectivity index (χ0n) is 16.9. The highest BCUT2D eigenvalue weighted by molar-refractivity contribution is 6.02. The van der Waals surface area contributed by atoms with Gasteiger partial charge in [-0.05, 0) is 30.9 Å². The standard InChI is InChI=1S/C24H26N2O3/c1-17-22(24(25)28)23(19-11-7-4-8-12-19)20(13-14-21(27)29-2)26(17)16-15-18-9-5-3-6-10-18/h3-12H,13-16H2,1-2H3,(H2,25,28). The average Bonchev–Trinajstić information content (AvgIpc) is 3.03. The summed E-state index contributed by atoms with van der Waals surface area (Å²) < 4.78 is 6.95. The van der Waals surface area contributed by atoms with Gasteiger partial charge < -0.3 is 15.0 Å². The molecule has 0 aliphatic carbocycles. The van der Waals surface area contributed by atoms with Crippen molar-refractivity contribution in [3.8, 4) is 11.1 Å². The van der Waals surface area contributed by atoms with Crippen LogP contribution in [-0.2, 0) is 28.9 Å². The second kappa shape index (κ2) is 9.24. The Labute approximate surface area is 171 Å². The molecule has 0 saturated carbocycles. The molecule has 29 heavy (non-hydrogen) atoms. The number of aromatic nitrogens is 1. The van der Waals surface area contributed by atoms with Crippen molar-refractivity contribution in [1.82, 2.24) is 4.57 Å². The number of rotatable bonds is 8. The van der Waals surface area contributed by atoms with Crippen molar-refractivity contribution >= 4 is 11.9 Å². The molecule has 0 aliphatic heterocycles. The normalized spacial score (nSPS) is 10.7. The Bertz CT molecular complexity index is 992.